The van der Waals surface area contributed by atoms with Crippen LogP contribution in [-0.4, -0.2) is 23.9 Å². The number of carbonyl (C=O) groups excluding carboxylic acids is 2. The van der Waals surface area contributed by atoms with Gasteiger partial charge in [-0.25, -0.2) is 0 Å². The van der Waals surface area contributed by atoms with Crippen molar-refractivity contribution in [2.45, 2.75) is 50.5 Å². The van der Waals surface area contributed by atoms with Gasteiger partial charge in [-0.3, -0.25) is 9.59 Å². The summed E-state index contributed by atoms with van der Waals surface area (Å²) in [4.78, 5) is 24.6. The largest absolute Gasteiger partial charge is 0.356 e. The molecule has 4 heteroatoms. The standard InChI is InChI=1S/C27H30N2O2/c1-20(22-7-3-2-4-8-22)19-28-25(30)13-15-27(16-14-26(31)29-27)18-21-11-12-23-9-5-6-10-24(23)17-21/h2-12,17,20H,13-16,18-19H2,1H3,(H,28,30)(H,29,31)/t20-,27-/m1/s1. The molecule has 2 N–H and O–H groups in total. The number of fused-ring (bicyclic) bond motifs is 1. The quantitative estimate of drug-likeness (QED) is 0.560. The molecule has 1 aliphatic rings. The van der Waals surface area contributed by atoms with Crippen molar-refractivity contribution in [1.82, 2.24) is 10.6 Å². The number of hydrogen-bond acceptors (Lipinski definition) is 2. The predicted molar refractivity (Wildman–Crippen MR) is 125 cm³/mol. The molecule has 4 nitrogen and oxygen atoms in total. The fourth-order valence-corrected chi connectivity index (χ4v) is 4.53. The summed E-state index contributed by atoms with van der Waals surface area (Å²) in [5.74, 6) is 0.392. The van der Waals surface area contributed by atoms with Crippen molar-refractivity contribution < 1.29 is 9.59 Å². The van der Waals surface area contributed by atoms with E-state index in [1.807, 2.05) is 30.3 Å². The smallest absolute Gasteiger partial charge is 0.220 e. The fourth-order valence-electron chi connectivity index (χ4n) is 4.53. The predicted octanol–water partition coefficient (Wildman–Crippen LogP) is 4.73. The topological polar surface area (TPSA) is 58.2 Å². The summed E-state index contributed by atoms with van der Waals surface area (Å²) in [6.07, 6.45) is 3.11. The van der Waals surface area contributed by atoms with Crippen molar-refractivity contribution in [1.29, 1.82) is 0 Å². The maximum absolute atomic E-state index is 12.6. The van der Waals surface area contributed by atoms with Crippen LogP contribution in [0.5, 0.6) is 0 Å². The maximum atomic E-state index is 12.6. The Kier molecular flexibility index (Phi) is 6.36. The van der Waals surface area contributed by atoms with Crippen LogP contribution < -0.4 is 10.6 Å². The zero-order valence-corrected chi connectivity index (χ0v) is 18.1. The van der Waals surface area contributed by atoms with Crippen molar-refractivity contribution in [2.24, 2.45) is 0 Å². The van der Waals surface area contributed by atoms with E-state index in [4.69, 9.17) is 0 Å². The van der Waals surface area contributed by atoms with Gasteiger partial charge in [0.05, 0.1) is 0 Å². The summed E-state index contributed by atoms with van der Waals surface area (Å²) in [6, 6.07) is 25.0. The van der Waals surface area contributed by atoms with Gasteiger partial charge in [0.15, 0.2) is 0 Å². The summed E-state index contributed by atoms with van der Waals surface area (Å²) < 4.78 is 0. The van der Waals surface area contributed by atoms with Crippen LogP contribution in [0.15, 0.2) is 72.8 Å². The normalized spacial score (nSPS) is 19.2. The second kappa shape index (κ2) is 9.34. The second-order valence-electron chi connectivity index (χ2n) is 8.80. The molecule has 0 spiro atoms. The lowest BCUT2D eigenvalue weighted by atomic mass is 9.84. The Morgan fingerprint density at radius 3 is 2.52 bits per heavy atom. The summed E-state index contributed by atoms with van der Waals surface area (Å²) >= 11 is 0. The summed E-state index contributed by atoms with van der Waals surface area (Å²) in [7, 11) is 0. The van der Waals surface area contributed by atoms with Gasteiger partial charge in [-0.1, -0.05) is 79.7 Å². The van der Waals surface area contributed by atoms with Gasteiger partial charge in [-0.05, 0) is 47.1 Å². The molecule has 3 aromatic carbocycles. The summed E-state index contributed by atoms with van der Waals surface area (Å²) in [5, 5.41) is 8.67. The molecule has 4 rings (SSSR count). The third kappa shape index (κ3) is 5.32. The van der Waals surface area contributed by atoms with Crippen molar-refractivity contribution in [3.63, 3.8) is 0 Å². The van der Waals surface area contributed by atoms with Crippen LogP contribution in [-0.2, 0) is 16.0 Å². The lowest BCUT2D eigenvalue weighted by Gasteiger charge is -2.29. The molecule has 31 heavy (non-hydrogen) atoms. The van der Waals surface area contributed by atoms with Gasteiger partial charge < -0.3 is 10.6 Å². The number of carbonyl (C=O) groups is 2. The van der Waals surface area contributed by atoms with Crippen LogP contribution in [0.4, 0.5) is 0 Å². The van der Waals surface area contributed by atoms with E-state index in [0.29, 0.717) is 25.8 Å². The van der Waals surface area contributed by atoms with E-state index in [1.165, 1.54) is 21.9 Å². The minimum absolute atomic E-state index is 0.0433. The highest BCUT2D eigenvalue weighted by molar-refractivity contribution is 5.83. The highest BCUT2D eigenvalue weighted by atomic mass is 16.2. The first-order valence-electron chi connectivity index (χ1n) is 11.1. The van der Waals surface area contributed by atoms with E-state index in [-0.39, 0.29) is 23.3 Å². The van der Waals surface area contributed by atoms with Gasteiger partial charge in [0, 0.05) is 24.9 Å². The zero-order valence-electron chi connectivity index (χ0n) is 18.1. The highest BCUT2D eigenvalue weighted by Gasteiger charge is 2.37. The molecule has 0 bridgehead atoms. The molecule has 2 atom stereocenters. The van der Waals surface area contributed by atoms with E-state index < -0.39 is 0 Å². The van der Waals surface area contributed by atoms with E-state index >= 15 is 0 Å². The van der Waals surface area contributed by atoms with Crippen LogP contribution >= 0.6 is 0 Å². The maximum Gasteiger partial charge on any atom is 0.220 e. The third-order valence-corrected chi connectivity index (χ3v) is 6.40. The molecule has 1 aliphatic heterocycles. The first-order chi connectivity index (χ1) is 15.0. The zero-order chi connectivity index (χ0) is 21.7. The van der Waals surface area contributed by atoms with Crippen LogP contribution in [0.25, 0.3) is 10.8 Å². The molecule has 0 unspecified atom stereocenters. The molecule has 1 fully saturated rings. The molecule has 0 radical (unpaired) electrons. The number of hydrogen-bond donors (Lipinski definition) is 2. The number of amides is 2. The first-order valence-corrected chi connectivity index (χ1v) is 11.1. The average molecular weight is 415 g/mol. The van der Waals surface area contributed by atoms with E-state index in [1.54, 1.807) is 0 Å². The molecule has 0 aliphatic carbocycles. The second-order valence-corrected chi connectivity index (χ2v) is 8.80. The Balaban J connectivity index is 1.37. The molecule has 2 amide bonds. The van der Waals surface area contributed by atoms with Gasteiger partial charge in [-0.15, -0.1) is 0 Å². The molecule has 0 aromatic heterocycles. The van der Waals surface area contributed by atoms with Crippen LogP contribution in [0.3, 0.4) is 0 Å². The molecule has 0 saturated carbocycles. The van der Waals surface area contributed by atoms with Crippen LogP contribution in [0.2, 0.25) is 0 Å². The van der Waals surface area contributed by atoms with E-state index in [2.05, 4.69) is 60.0 Å². The average Bonchev–Trinajstić information content (AvgIpc) is 3.17. The molecule has 3 aromatic rings. The summed E-state index contributed by atoms with van der Waals surface area (Å²) in [5.41, 5.74) is 2.07. The van der Waals surface area contributed by atoms with E-state index in [0.717, 1.165) is 12.8 Å². The van der Waals surface area contributed by atoms with Crippen LogP contribution in [0.1, 0.15) is 49.7 Å². The Bertz CT molecular complexity index is 1060. The minimum atomic E-state index is -0.345. The molecular formula is C27H30N2O2. The Labute approximate surface area is 184 Å². The third-order valence-electron chi connectivity index (χ3n) is 6.40. The molecule has 1 heterocycles. The Hall–Kier alpha value is -3.14. The molecule has 1 saturated heterocycles. The number of rotatable bonds is 8. The van der Waals surface area contributed by atoms with Crippen molar-refractivity contribution in [3.05, 3.63) is 83.9 Å². The SMILES string of the molecule is C[C@H](CNC(=O)CC[C@]1(Cc2ccc3ccccc3c2)CCC(=O)N1)c1ccccc1. The Morgan fingerprint density at radius 2 is 1.77 bits per heavy atom. The van der Waals surface area contributed by atoms with E-state index in [9.17, 15) is 9.59 Å². The van der Waals surface area contributed by atoms with Crippen molar-refractivity contribution in [2.75, 3.05) is 6.54 Å². The molecular weight excluding hydrogens is 384 g/mol. The van der Waals surface area contributed by atoms with Crippen molar-refractivity contribution in [3.8, 4) is 0 Å². The first kappa shape index (κ1) is 21.1. The molecule has 160 valence electrons. The van der Waals surface area contributed by atoms with Gasteiger partial charge >= 0.3 is 0 Å². The van der Waals surface area contributed by atoms with Gasteiger partial charge in [0.1, 0.15) is 0 Å². The van der Waals surface area contributed by atoms with Gasteiger partial charge in [-0.2, -0.15) is 0 Å². The number of nitrogens with one attached hydrogen (secondary N) is 2. The van der Waals surface area contributed by atoms with Gasteiger partial charge in [0.25, 0.3) is 0 Å². The fraction of sp³-hybridized carbons (Fsp3) is 0.333. The Morgan fingerprint density at radius 1 is 1.03 bits per heavy atom. The lowest BCUT2D eigenvalue weighted by Crippen LogP contribution is -2.44. The number of benzene rings is 3. The highest BCUT2D eigenvalue weighted by Crippen LogP contribution is 2.30. The lowest BCUT2D eigenvalue weighted by molar-refractivity contribution is -0.122. The van der Waals surface area contributed by atoms with Gasteiger partial charge in [0.2, 0.25) is 11.8 Å². The summed E-state index contributed by atoms with van der Waals surface area (Å²) in [6.45, 7) is 2.74. The monoisotopic (exact) mass is 414 g/mol. The van der Waals surface area contributed by atoms with Crippen molar-refractivity contribution >= 4 is 22.6 Å². The van der Waals surface area contributed by atoms with Crippen LogP contribution in [0, 0.1) is 0 Å². The minimum Gasteiger partial charge on any atom is -0.356 e.